The Bertz CT molecular complexity index is 363. The van der Waals surface area contributed by atoms with Crippen molar-refractivity contribution in [1.29, 1.82) is 0 Å². The maximum absolute atomic E-state index is 11.7. The fraction of sp³-hybridized carbons (Fsp3) is 0.429. The van der Waals surface area contributed by atoms with Crippen LogP contribution < -0.4 is 0 Å². The van der Waals surface area contributed by atoms with Crippen LogP contribution in [0.3, 0.4) is 0 Å². The van der Waals surface area contributed by atoms with Crippen LogP contribution in [-0.2, 0) is 11.2 Å². The van der Waals surface area contributed by atoms with Crippen LogP contribution in [-0.4, -0.2) is 11.6 Å². The number of carbonyl (C=O) groups excluding carboxylic acids is 2. The molecule has 1 aromatic carbocycles. The van der Waals surface area contributed by atoms with Gasteiger partial charge >= 0.3 is 0 Å². The van der Waals surface area contributed by atoms with Gasteiger partial charge in [0.15, 0.2) is 5.78 Å². The Morgan fingerprint density at radius 3 is 2.19 bits per heavy atom. The first kappa shape index (κ1) is 12.6. The zero-order chi connectivity index (χ0) is 12.0. The average Bonchev–Trinajstić information content (AvgIpc) is 2.29. The van der Waals surface area contributed by atoms with E-state index >= 15 is 0 Å². The highest BCUT2D eigenvalue weighted by Gasteiger charge is 2.10. The molecule has 0 fully saturated rings. The number of Topliss-reactive ketones (excluding diaryl/α,β-unsaturated/α-hetero) is 2. The van der Waals surface area contributed by atoms with E-state index in [-0.39, 0.29) is 18.0 Å². The lowest BCUT2D eigenvalue weighted by atomic mass is 10.0. The lowest BCUT2D eigenvalue weighted by molar-refractivity contribution is -0.118. The van der Waals surface area contributed by atoms with Crippen molar-refractivity contribution in [2.75, 3.05) is 0 Å². The lowest BCUT2D eigenvalue weighted by Crippen LogP contribution is -2.07. The maximum Gasteiger partial charge on any atom is 0.170 e. The van der Waals surface area contributed by atoms with E-state index in [0.29, 0.717) is 12.0 Å². The first-order valence-electron chi connectivity index (χ1n) is 5.81. The third-order valence-corrected chi connectivity index (χ3v) is 2.57. The Morgan fingerprint density at radius 2 is 1.69 bits per heavy atom. The quantitative estimate of drug-likeness (QED) is 0.543. The Labute approximate surface area is 96.7 Å². The minimum absolute atomic E-state index is 0.0343. The summed E-state index contributed by atoms with van der Waals surface area (Å²) in [5.74, 6) is -0.0341. The van der Waals surface area contributed by atoms with Crippen LogP contribution >= 0.6 is 0 Å². The second-order valence-corrected chi connectivity index (χ2v) is 3.94. The summed E-state index contributed by atoms with van der Waals surface area (Å²) >= 11 is 0. The molecule has 86 valence electrons. The Kier molecular flexibility index (Phi) is 4.90. The molecular weight excluding hydrogens is 200 g/mol. The van der Waals surface area contributed by atoms with E-state index in [1.165, 1.54) is 5.56 Å². The van der Waals surface area contributed by atoms with Crippen molar-refractivity contribution in [2.45, 2.75) is 39.5 Å². The second-order valence-electron chi connectivity index (χ2n) is 3.94. The molecular formula is C14H18O2. The number of rotatable bonds is 6. The summed E-state index contributed by atoms with van der Waals surface area (Å²) in [5, 5.41) is 0. The summed E-state index contributed by atoms with van der Waals surface area (Å²) in [5.41, 5.74) is 1.85. The number of hydrogen-bond donors (Lipinski definition) is 0. The molecule has 0 saturated carbocycles. The van der Waals surface area contributed by atoms with E-state index in [2.05, 4.69) is 6.92 Å². The zero-order valence-corrected chi connectivity index (χ0v) is 9.95. The number of ketones is 2. The predicted octanol–water partition coefficient (Wildman–Crippen LogP) is 3.19. The molecule has 0 aliphatic rings. The predicted molar refractivity (Wildman–Crippen MR) is 64.7 cm³/mol. The van der Waals surface area contributed by atoms with Crippen molar-refractivity contribution in [1.82, 2.24) is 0 Å². The second kappa shape index (κ2) is 6.21. The van der Waals surface area contributed by atoms with Crippen molar-refractivity contribution in [2.24, 2.45) is 0 Å². The van der Waals surface area contributed by atoms with Gasteiger partial charge in [0.1, 0.15) is 5.78 Å². The van der Waals surface area contributed by atoms with Crippen LogP contribution in [0.5, 0.6) is 0 Å². The molecule has 2 heteroatoms. The topological polar surface area (TPSA) is 34.1 Å². The van der Waals surface area contributed by atoms with Crippen LogP contribution in [0.1, 0.15) is 49.0 Å². The smallest absolute Gasteiger partial charge is 0.170 e. The maximum atomic E-state index is 11.7. The van der Waals surface area contributed by atoms with Gasteiger partial charge in [-0.3, -0.25) is 9.59 Å². The van der Waals surface area contributed by atoms with Crippen LogP contribution in [0, 0.1) is 0 Å². The summed E-state index contributed by atoms with van der Waals surface area (Å²) in [6.45, 7) is 4.01. The Balaban J connectivity index is 2.62. The van der Waals surface area contributed by atoms with Gasteiger partial charge in [-0.1, -0.05) is 38.1 Å². The molecule has 0 bridgehead atoms. The van der Waals surface area contributed by atoms with Gasteiger partial charge in [0.25, 0.3) is 0 Å². The monoisotopic (exact) mass is 218 g/mol. The molecule has 0 aliphatic heterocycles. The van der Waals surface area contributed by atoms with Gasteiger partial charge in [-0.2, -0.15) is 0 Å². The number of carbonyl (C=O) groups is 2. The lowest BCUT2D eigenvalue weighted by Gasteiger charge is -2.01. The molecule has 0 heterocycles. The molecule has 0 amide bonds. The summed E-state index contributed by atoms with van der Waals surface area (Å²) in [4.78, 5) is 23.0. The molecule has 1 rings (SSSR count). The van der Waals surface area contributed by atoms with E-state index in [4.69, 9.17) is 0 Å². The standard InChI is InChI=1S/C14H18O2/c1-3-5-13(15)10-14(16)12-8-6-11(4-2)7-9-12/h6-9H,3-5,10H2,1-2H3. The fourth-order valence-corrected chi connectivity index (χ4v) is 1.57. The molecule has 0 radical (unpaired) electrons. The fourth-order valence-electron chi connectivity index (χ4n) is 1.57. The van der Waals surface area contributed by atoms with Crippen LogP contribution in [0.4, 0.5) is 0 Å². The van der Waals surface area contributed by atoms with Gasteiger partial charge in [-0.15, -0.1) is 0 Å². The van der Waals surface area contributed by atoms with E-state index in [1.54, 1.807) is 12.1 Å². The van der Waals surface area contributed by atoms with Gasteiger partial charge < -0.3 is 0 Å². The van der Waals surface area contributed by atoms with Crippen molar-refractivity contribution in [3.05, 3.63) is 35.4 Å². The summed E-state index contributed by atoms with van der Waals surface area (Å²) in [6.07, 6.45) is 2.31. The zero-order valence-electron chi connectivity index (χ0n) is 9.95. The van der Waals surface area contributed by atoms with Crippen LogP contribution in [0.15, 0.2) is 24.3 Å². The third kappa shape index (κ3) is 3.61. The molecule has 0 N–H and O–H groups in total. The normalized spacial score (nSPS) is 10.1. The Morgan fingerprint density at radius 1 is 1.06 bits per heavy atom. The van der Waals surface area contributed by atoms with Crippen molar-refractivity contribution in [3.63, 3.8) is 0 Å². The first-order chi connectivity index (χ1) is 7.67. The molecule has 0 aromatic heterocycles. The van der Waals surface area contributed by atoms with Crippen molar-refractivity contribution < 1.29 is 9.59 Å². The minimum atomic E-state index is -0.0684. The SMILES string of the molecule is CCCC(=O)CC(=O)c1ccc(CC)cc1. The van der Waals surface area contributed by atoms with Gasteiger partial charge in [0.05, 0.1) is 6.42 Å². The highest BCUT2D eigenvalue weighted by atomic mass is 16.1. The molecule has 2 nitrogen and oxygen atoms in total. The average molecular weight is 218 g/mol. The van der Waals surface area contributed by atoms with E-state index < -0.39 is 0 Å². The summed E-state index contributed by atoms with van der Waals surface area (Å²) in [7, 11) is 0. The van der Waals surface area contributed by atoms with Gasteiger partial charge in [0.2, 0.25) is 0 Å². The Hall–Kier alpha value is -1.44. The molecule has 0 unspecified atom stereocenters. The van der Waals surface area contributed by atoms with Gasteiger partial charge in [-0.05, 0) is 18.4 Å². The third-order valence-electron chi connectivity index (χ3n) is 2.57. The number of benzene rings is 1. The molecule has 0 atom stereocenters. The first-order valence-corrected chi connectivity index (χ1v) is 5.81. The summed E-state index contributed by atoms with van der Waals surface area (Å²) in [6, 6.07) is 7.50. The molecule has 0 spiro atoms. The molecule has 0 aliphatic carbocycles. The number of hydrogen-bond acceptors (Lipinski definition) is 2. The summed E-state index contributed by atoms with van der Waals surface area (Å²) < 4.78 is 0. The van der Waals surface area contributed by atoms with Gasteiger partial charge in [-0.25, -0.2) is 0 Å². The molecule has 1 aromatic rings. The van der Waals surface area contributed by atoms with Crippen molar-refractivity contribution >= 4 is 11.6 Å². The highest BCUT2D eigenvalue weighted by Crippen LogP contribution is 2.08. The van der Waals surface area contributed by atoms with Gasteiger partial charge in [0, 0.05) is 12.0 Å². The largest absolute Gasteiger partial charge is 0.299 e. The van der Waals surface area contributed by atoms with E-state index in [9.17, 15) is 9.59 Å². The van der Waals surface area contributed by atoms with Crippen LogP contribution in [0.25, 0.3) is 0 Å². The molecule has 0 saturated heterocycles. The highest BCUT2D eigenvalue weighted by molar-refractivity contribution is 6.07. The molecule has 16 heavy (non-hydrogen) atoms. The van der Waals surface area contributed by atoms with E-state index in [1.807, 2.05) is 19.1 Å². The number of aryl methyl sites for hydroxylation is 1. The van der Waals surface area contributed by atoms with E-state index in [0.717, 1.165) is 12.8 Å². The van der Waals surface area contributed by atoms with Crippen molar-refractivity contribution in [3.8, 4) is 0 Å². The minimum Gasteiger partial charge on any atom is -0.299 e. The van der Waals surface area contributed by atoms with Crippen LogP contribution in [0.2, 0.25) is 0 Å².